The molecule has 0 aliphatic carbocycles. The van der Waals surface area contributed by atoms with Gasteiger partial charge in [-0.15, -0.1) is 11.3 Å². The predicted molar refractivity (Wildman–Crippen MR) is 78.6 cm³/mol. The Morgan fingerprint density at radius 1 is 1.38 bits per heavy atom. The lowest BCUT2D eigenvalue weighted by Gasteiger charge is -2.12. The van der Waals surface area contributed by atoms with Crippen LogP contribution in [0.25, 0.3) is 0 Å². The number of carboxylic acids is 1. The van der Waals surface area contributed by atoms with Crippen LogP contribution in [-0.2, 0) is 0 Å². The molecule has 0 aliphatic rings. The Hall–Kier alpha value is -2.48. The Balaban J connectivity index is 1.98. The van der Waals surface area contributed by atoms with E-state index >= 15 is 0 Å². The van der Waals surface area contributed by atoms with Crippen molar-refractivity contribution in [3.8, 4) is 0 Å². The normalized spacial score (nSPS) is 11.7. The lowest BCUT2D eigenvalue weighted by atomic mass is 10.2. The van der Waals surface area contributed by atoms with Crippen LogP contribution in [0.5, 0.6) is 0 Å². The second-order valence-electron chi connectivity index (χ2n) is 4.41. The number of thiazole rings is 1. The van der Waals surface area contributed by atoms with Crippen LogP contribution >= 0.6 is 11.3 Å². The molecule has 0 aliphatic heterocycles. The molecule has 0 fully saturated rings. The van der Waals surface area contributed by atoms with Crippen LogP contribution in [0.15, 0.2) is 23.8 Å². The van der Waals surface area contributed by atoms with Gasteiger partial charge in [-0.1, -0.05) is 0 Å². The highest BCUT2D eigenvalue weighted by atomic mass is 32.1. The van der Waals surface area contributed by atoms with Gasteiger partial charge in [-0.05, 0) is 19.9 Å². The van der Waals surface area contributed by atoms with Crippen LogP contribution < -0.4 is 10.6 Å². The van der Waals surface area contributed by atoms with Crippen molar-refractivity contribution >= 4 is 29.0 Å². The first-order valence-corrected chi connectivity index (χ1v) is 7.01. The largest absolute Gasteiger partial charge is 0.478 e. The number of aryl methyl sites for hydroxylation is 1. The van der Waals surface area contributed by atoms with Crippen LogP contribution in [0.1, 0.15) is 34.0 Å². The summed E-state index contributed by atoms with van der Waals surface area (Å²) in [7, 11) is 0. The van der Waals surface area contributed by atoms with Gasteiger partial charge in [0.25, 0.3) is 0 Å². The Labute approximate surface area is 125 Å². The maximum absolute atomic E-state index is 11.9. The van der Waals surface area contributed by atoms with Gasteiger partial charge in [0, 0.05) is 17.3 Å². The van der Waals surface area contributed by atoms with E-state index in [1.165, 1.54) is 29.8 Å². The van der Waals surface area contributed by atoms with Gasteiger partial charge >= 0.3 is 12.0 Å². The minimum Gasteiger partial charge on any atom is -0.478 e. The van der Waals surface area contributed by atoms with E-state index in [-0.39, 0.29) is 11.6 Å². The zero-order chi connectivity index (χ0) is 15.4. The maximum Gasteiger partial charge on any atom is 0.337 e. The number of hydrogen-bond acceptors (Lipinski definition) is 5. The summed E-state index contributed by atoms with van der Waals surface area (Å²) < 4.78 is 0. The minimum absolute atomic E-state index is 0.0106. The molecule has 2 aromatic rings. The summed E-state index contributed by atoms with van der Waals surface area (Å²) in [4.78, 5) is 30.8. The lowest BCUT2D eigenvalue weighted by Crippen LogP contribution is -2.31. The Morgan fingerprint density at radius 3 is 2.76 bits per heavy atom. The highest BCUT2D eigenvalue weighted by Gasteiger charge is 2.13. The molecule has 0 radical (unpaired) electrons. The number of nitrogens with zero attached hydrogens (tertiary/aromatic N) is 2. The molecule has 0 bridgehead atoms. The molecule has 2 amide bonds. The van der Waals surface area contributed by atoms with Gasteiger partial charge in [-0.3, -0.25) is 4.98 Å². The quantitative estimate of drug-likeness (QED) is 0.804. The maximum atomic E-state index is 11.9. The number of hydrogen-bond donors (Lipinski definition) is 3. The Bertz CT molecular complexity index is 671. The van der Waals surface area contributed by atoms with E-state index in [4.69, 9.17) is 5.11 Å². The molecule has 0 saturated carbocycles. The summed E-state index contributed by atoms with van der Waals surface area (Å²) in [6.07, 6.45) is 2.59. The van der Waals surface area contributed by atoms with E-state index < -0.39 is 12.0 Å². The summed E-state index contributed by atoms with van der Waals surface area (Å²) in [5.41, 5.74) is 1.23. The third kappa shape index (κ3) is 3.99. The second-order valence-corrected chi connectivity index (χ2v) is 5.30. The first-order chi connectivity index (χ1) is 9.95. The smallest absolute Gasteiger partial charge is 0.337 e. The van der Waals surface area contributed by atoms with Crippen molar-refractivity contribution in [1.82, 2.24) is 15.3 Å². The standard InChI is InChI=1S/C13H14N4O3S/c1-7-6-21-11(15-7)8(2)16-13(20)17-10-3-9(12(18)19)4-14-5-10/h3-6,8H,1-2H3,(H,18,19)(H2,16,17,20). The number of rotatable bonds is 4. The first-order valence-electron chi connectivity index (χ1n) is 6.13. The van der Waals surface area contributed by atoms with Crippen molar-refractivity contribution < 1.29 is 14.7 Å². The average molecular weight is 306 g/mol. The number of carboxylic acid groups (broad SMARTS) is 1. The monoisotopic (exact) mass is 306 g/mol. The van der Waals surface area contributed by atoms with Crippen molar-refractivity contribution in [2.24, 2.45) is 0 Å². The summed E-state index contributed by atoms with van der Waals surface area (Å²) >= 11 is 1.47. The molecule has 2 rings (SSSR count). The number of aromatic carboxylic acids is 1. The number of pyridine rings is 1. The molecule has 8 heteroatoms. The Kier molecular flexibility index (Phi) is 4.49. The zero-order valence-corrected chi connectivity index (χ0v) is 12.3. The van der Waals surface area contributed by atoms with E-state index in [9.17, 15) is 9.59 Å². The Morgan fingerprint density at radius 2 is 2.14 bits per heavy atom. The number of anilines is 1. The fourth-order valence-corrected chi connectivity index (χ4v) is 2.43. The van der Waals surface area contributed by atoms with Gasteiger partial charge in [0.15, 0.2) is 0 Å². The highest BCUT2D eigenvalue weighted by Crippen LogP contribution is 2.17. The summed E-state index contributed by atoms with van der Waals surface area (Å²) in [6, 6.07) is 0.659. The van der Waals surface area contributed by atoms with Gasteiger partial charge in [-0.25, -0.2) is 14.6 Å². The molecule has 21 heavy (non-hydrogen) atoms. The van der Waals surface area contributed by atoms with Crippen molar-refractivity contribution in [2.45, 2.75) is 19.9 Å². The summed E-state index contributed by atoms with van der Waals surface area (Å²) in [6.45, 7) is 3.71. The van der Waals surface area contributed by atoms with Gasteiger partial charge in [-0.2, -0.15) is 0 Å². The predicted octanol–water partition coefficient (Wildman–Crippen LogP) is 2.43. The van der Waals surface area contributed by atoms with E-state index in [2.05, 4.69) is 20.6 Å². The fourth-order valence-electron chi connectivity index (χ4n) is 1.62. The molecule has 2 aromatic heterocycles. The molecule has 3 N–H and O–H groups in total. The summed E-state index contributed by atoms with van der Waals surface area (Å²) in [5, 5.41) is 16.9. The van der Waals surface area contributed by atoms with Crippen LogP contribution in [0.2, 0.25) is 0 Å². The molecule has 7 nitrogen and oxygen atoms in total. The minimum atomic E-state index is -1.10. The fraction of sp³-hybridized carbons (Fsp3) is 0.231. The van der Waals surface area contributed by atoms with Crippen LogP contribution in [-0.4, -0.2) is 27.1 Å². The van der Waals surface area contributed by atoms with Crippen molar-refractivity contribution in [3.05, 3.63) is 40.1 Å². The van der Waals surface area contributed by atoms with E-state index in [1.54, 1.807) is 0 Å². The third-order valence-corrected chi connectivity index (χ3v) is 3.74. The third-order valence-electron chi connectivity index (χ3n) is 2.60. The van der Waals surface area contributed by atoms with E-state index in [0.717, 1.165) is 10.7 Å². The topological polar surface area (TPSA) is 104 Å². The second kappa shape index (κ2) is 6.31. The number of amides is 2. The number of carbonyl (C=O) groups excluding carboxylic acids is 1. The van der Waals surface area contributed by atoms with Crippen molar-refractivity contribution in [1.29, 1.82) is 0 Å². The van der Waals surface area contributed by atoms with Crippen LogP contribution in [0.4, 0.5) is 10.5 Å². The van der Waals surface area contributed by atoms with Crippen molar-refractivity contribution in [2.75, 3.05) is 5.32 Å². The van der Waals surface area contributed by atoms with Gasteiger partial charge in [0.05, 0.1) is 23.5 Å². The summed E-state index contributed by atoms with van der Waals surface area (Å²) in [5.74, 6) is -1.10. The number of aromatic nitrogens is 2. The molecule has 2 heterocycles. The molecule has 0 aromatic carbocycles. The number of urea groups is 1. The molecule has 1 atom stereocenters. The van der Waals surface area contributed by atoms with Gasteiger partial charge < -0.3 is 15.7 Å². The molecule has 0 spiro atoms. The lowest BCUT2D eigenvalue weighted by molar-refractivity contribution is 0.0696. The van der Waals surface area contributed by atoms with Crippen LogP contribution in [0, 0.1) is 6.92 Å². The van der Waals surface area contributed by atoms with Crippen LogP contribution in [0.3, 0.4) is 0 Å². The number of carbonyl (C=O) groups is 2. The van der Waals surface area contributed by atoms with E-state index in [0.29, 0.717) is 5.69 Å². The number of nitrogens with one attached hydrogen (secondary N) is 2. The van der Waals surface area contributed by atoms with Gasteiger partial charge in [0.2, 0.25) is 0 Å². The zero-order valence-electron chi connectivity index (χ0n) is 11.5. The molecular weight excluding hydrogens is 292 g/mol. The highest BCUT2D eigenvalue weighted by molar-refractivity contribution is 7.09. The SMILES string of the molecule is Cc1csc(C(C)NC(=O)Nc2cncc(C(=O)O)c2)n1. The molecule has 0 saturated heterocycles. The first kappa shape index (κ1) is 14.9. The van der Waals surface area contributed by atoms with E-state index in [1.807, 2.05) is 19.2 Å². The average Bonchev–Trinajstić information content (AvgIpc) is 2.85. The van der Waals surface area contributed by atoms with Gasteiger partial charge in [0.1, 0.15) is 5.01 Å². The molecule has 110 valence electrons. The molecular formula is C13H14N4O3S. The van der Waals surface area contributed by atoms with Crippen molar-refractivity contribution in [3.63, 3.8) is 0 Å². The molecule has 1 unspecified atom stereocenters.